The topological polar surface area (TPSA) is 0 Å². The fourth-order valence-electron chi connectivity index (χ4n) is 5.18. The summed E-state index contributed by atoms with van der Waals surface area (Å²) in [6, 6.07) is 16.0. The van der Waals surface area contributed by atoms with Crippen molar-refractivity contribution in [1.82, 2.24) is 0 Å². The molecule has 0 bridgehead atoms. The van der Waals surface area contributed by atoms with Gasteiger partial charge in [0.25, 0.3) is 0 Å². The van der Waals surface area contributed by atoms with Crippen LogP contribution >= 0.6 is 9.24 Å². The van der Waals surface area contributed by atoms with Crippen LogP contribution in [0.4, 0.5) is 0 Å². The van der Waals surface area contributed by atoms with Crippen LogP contribution in [0.15, 0.2) is 42.5 Å². The van der Waals surface area contributed by atoms with Crippen LogP contribution in [-0.2, 0) is 0 Å². The van der Waals surface area contributed by atoms with Gasteiger partial charge in [-0.3, -0.25) is 0 Å². The van der Waals surface area contributed by atoms with Gasteiger partial charge in [-0.25, -0.2) is 0 Å². The Kier molecular flexibility index (Phi) is 5.57. The van der Waals surface area contributed by atoms with Gasteiger partial charge < -0.3 is 0 Å². The predicted molar refractivity (Wildman–Crippen MR) is 113 cm³/mol. The van der Waals surface area contributed by atoms with Crippen molar-refractivity contribution < 1.29 is 0 Å². The van der Waals surface area contributed by atoms with Gasteiger partial charge in [0.1, 0.15) is 0 Å². The predicted octanol–water partition coefficient (Wildman–Crippen LogP) is 6.95. The van der Waals surface area contributed by atoms with Crippen LogP contribution in [-0.4, -0.2) is 0 Å². The molecular weight excluding hydrogens is 319 g/mol. The number of rotatable bonds is 3. The van der Waals surface area contributed by atoms with Crippen molar-refractivity contribution in [2.24, 2.45) is 0 Å². The van der Waals surface area contributed by atoms with Crippen LogP contribution in [0.1, 0.15) is 87.2 Å². The Balaban J connectivity index is 1.86. The Hall–Kier alpha value is -1.13. The van der Waals surface area contributed by atoms with Crippen molar-refractivity contribution in [3.05, 3.63) is 53.6 Å². The summed E-state index contributed by atoms with van der Waals surface area (Å²) in [4.78, 5) is 0. The van der Waals surface area contributed by atoms with E-state index >= 15 is 0 Å². The normalized spacial score (nSPS) is 19.9. The summed E-state index contributed by atoms with van der Waals surface area (Å²) in [5.41, 5.74) is 6.34. The first-order chi connectivity index (χ1) is 12.3. The van der Waals surface area contributed by atoms with E-state index in [0.29, 0.717) is 0 Å². The van der Waals surface area contributed by atoms with Crippen LogP contribution in [0.2, 0.25) is 0 Å². The Bertz CT molecular complexity index is 692. The molecule has 25 heavy (non-hydrogen) atoms. The molecule has 0 aliphatic heterocycles. The SMILES string of the molecule is Pc1ccc(C2CCCCC2)c(C2CCCCC2)c1-c1ccccc1. The maximum atomic E-state index is 3.03. The van der Waals surface area contributed by atoms with Crippen LogP contribution in [0.5, 0.6) is 0 Å². The summed E-state index contributed by atoms with van der Waals surface area (Å²) in [6.45, 7) is 0. The monoisotopic (exact) mass is 350 g/mol. The molecule has 0 nitrogen and oxygen atoms in total. The molecule has 1 atom stereocenters. The van der Waals surface area contributed by atoms with Gasteiger partial charge in [-0.2, -0.15) is 0 Å². The van der Waals surface area contributed by atoms with Gasteiger partial charge in [-0.05, 0) is 65.1 Å². The van der Waals surface area contributed by atoms with Crippen molar-refractivity contribution in [3.8, 4) is 11.1 Å². The molecule has 0 amide bonds. The quantitative estimate of drug-likeness (QED) is 0.525. The number of hydrogen-bond donors (Lipinski definition) is 0. The molecule has 2 fully saturated rings. The molecule has 132 valence electrons. The number of hydrogen-bond acceptors (Lipinski definition) is 0. The minimum Gasteiger partial charge on any atom is -0.105 e. The first kappa shape index (κ1) is 17.3. The average Bonchev–Trinajstić information content (AvgIpc) is 2.70. The van der Waals surface area contributed by atoms with Crippen molar-refractivity contribution in [2.45, 2.75) is 76.0 Å². The lowest BCUT2D eigenvalue weighted by Gasteiger charge is -2.32. The second-order valence-electron chi connectivity index (χ2n) is 8.07. The molecule has 0 aromatic heterocycles. The fraction of sp³-hybridized carbons (Fsp3) is 0.500. The maximum absolute atomic E-state index is 3.03. The first-order valence-corrected chi connectivity index (χ1v) is 10.9. The Morgan fingerprint density at radius 2 is 1.24 bits per heavy atom. The highest BCUT2D eigenvalue weighted by Crippen LogP contribution is 2.44. The van der Waals surface area contributed by atoms with Gasteiger partial charge in [-0.15, -0.1) is 9.24 Å². The van der Waals surface area contributed by atoms with E-state index in [2.05, 4.69) is 51.7 Å². The Morgan fingerprint density at radius 3 is 1.88 bits per heavy atom. The fourth-order valence-corrected chi connectivity index (χ4v) is 5.60. The van der Waals surface area contributed by atoms with Gasteiger partial charge in [0.2, 0.25) is 0 Å². The zero-order valence-electron chi connectivity index (χ0n) is 15.3. The molecule has 0 spiro atoms. The summed E-state index contributed by atoms with van der Waals surface area (Å²) in [5.74, 6) is 1.56. The van der Waals surface area contributed by atoms with Gasteiger partial charge in [0.15, 0.2) is 0 Å². The average molecular weight is 350 g/mol. The van der Waals surface area contributed by atoms with Gasteiger partial charge in [-0.1, -0.05) is 81.0 Å². The van der Waals surface area contributed by atoms with Crippen molar-refractivity contribution in [3.63, 3.8) is 0 Å². The summed E-state index contributed by atoms with van der Waals surface area (Å²) in [6.07, 6.45) is 14.1. The summed E-state index contributed by atoms with van der Waals surface area (Å²) in [5, 5.41) is 1.38. The van der Waals surface area contributed by atoms with E-state index in [1.807, 2.05) is 0 Å². The summed E-state index contributed by atoms with van der Waals surface area (Å²) < 4.78 is 0. The lowest BCUT2D eigenvalue weighted by molar-refractivity contribution is 0.419. The molecule has 2 aromatic rings. The second-order valence-corrected chi connectivity index (χ2v) is 8.69. The van der Waals surface area contributed by atoms with E-state index in [1.54, 1.807) is 11.1 Å². The minimum atomic E-state index is 0.765. The smallest absolute Gasteiger partial charge is 0.00745 e. The van der Waals surface area contributed by atoms with E-state index in [9.17, 15) is 0 Å². The molecule has 0 saturated heterocycles. The zero-order valence-corrected chi connectivity index (χ0v) is 16.5. The third-order valence-electron chi connectivity index (χ3n) is 6.43. The third kappa shape index (κ3) is 3.70. The molecule has 0 N–H and O–H groups in total. The van der Waals surface area contributed by atoms with Crippen LogP contribution in [0.3, 0.4) is 0 Å². The first-order valence-electron chi connectivity index (χ1n) is 10.3. The molecule has 2 aromatic carbocycles. The van der Waals surface area contributed by atoms with Crippen molar-refractivity contribution >= 4 is 14.5 Å². The Morgan fingerprint density at radius 1 is 0.640 bits per heavy atom. The van der Waals surface area contributed by atoms with E-state index in [0.717, 1.165) is 11.8 Å². The largest absolute Gasteiger partial charge is 0.105 e. The van der Waals surface area contributed by atoms with Crippen LogP contribution < -0.4 is 5.30 Å². The molecule has 2 saturated carbocycles. The molecule has 1 heteroatoms. The number of benzene rings is 2. The molecule has 0 heterocycles. The highest BCUT2D eigenvalue weighted by Gasteiger charge is 2.27. The van der Waals surface area contributed by atoms with Crippen molar-refractivity contribution in [1.29, 1.82) is 0 Å². The maximum Gasteiger partial charge on any atom is -0.00745 e. The molecule has 4 rings (SSSR count). The van der Waals surface area contributed by atoms with Gasteiger partial charge >= 0.3 is 0 Å². The molecule has 2 aliphatic rings. The van der Waals surface area contributed by atoms with Crippen LogP contribution in [0, 0.1) is 0 Å². The minimum absolute atomic E-state index is 0.765. The Labute approximate surface area is 155 Å². The van der Waals surface area contributed by atoms with E-state index in [-0.39, 0.29) is 0 Å². The standard InChI is InChI=1S/C24H31P/c25-22-17-16-21(18-10-4-1-5-11-18)23(19-12-6-2-7-13-19)24(22)20-14-8-3-9-15-20/h3,8-9,14-19H,1-2,4-7,10-13,25H2. The molecule has 0 radical (unpaired) electrons. The van der Waals surface area contributed by atoms with E-state index in [1.165, 1.54) is 80.6 Å². The molecule has 2 aliphatic carbocycles. The van der Waals surface area contributed by atoms with Gasteiger partial charge in [0.05, 0.1) is 0 Å². The van der Waals surface area contributed by atoms with E-state index < -0.39 is 0 Å². The van der Waals surface area contributed by atoms with Crippen molar-refractivity contribution in [2.75, 3.05) is 0 Å². The highest BCUT2D eigenvalue weighted by molar-refractivity contribution is 7.28. The third-order valence-corrected chi connectivity index (χ3v) is 6.91. The molecule has 1 unspecified atom stereocenters. The lowest BCUT2D eigenvalue weighted by Crippen LogP contribution is -2.16. The van der Waals surface area contributed by atoms with Gasteiger partial charge in [0, 0.05) is 0 Å². The molecular formula is C24H31P. The highest BCUT2D eigenvalue weighted by atomic mass is 31.0. The van der Waals surface area contributed by atoms with Crippen LogP contribution in [0.25, 0.3) is 11.1 Å². The van der Waals surface area contributed by atoms with E-state index in [4.69, 9.17) is 0 Å². The zero-order chi connectivity index (χ0) is 17.1. The lowest BCUT2D eigenvalue weighted by atomic mass is 9.73. The second kappa shape index (κ2) is 8.05. The summed E-state index contributed by atoms with van der Waals surface area (Å²) >= 11 is 0. The summed E-state index contributed by atoms with van der Waals surface area (Å²) in [7, 11) is 3.03.